The molecular formula is C7H15NO2. The highest BCUT2D eigenvalue weighted by atomic mass is 16.3. The molecule has 0 aromatic carbocycles. The summed E-state index contributed by atoms with van der Waals surface area (Å²) >= 11 is 0. The second kappa shape index (κ2) is 3.91. The van der Waals surface area contributed by atoms with Crippen molar-refractivity contribution in [3.05, 3.63) is 0 Å². The summed E-state index contributed by atoms with van der Waals surface area (Å²) < 4.78 is 0. The maximum absolute atomic E-state index is 9.27. The largest absolute Gasteiger partial charge is 0.395 e. The van der Waals surface area contributed by atoms with Gasteiger partial charge in [0.15, 0.2) is 0 Å². The van der Waals surface area contributed by atoms with Crippen LogP contribution in [0.1, 0.15) is 19.3 Å². The predicted octanol–water partition coefficient (Wildman–Crippen LogP) is -0.518. The first-order valence-corrected chi connectivity index (χ1v) is 3.87. The molecule has 1 aliphatic rings. The quantitative estimate of drug-likeness (QED) is 0.501. The first-order valence-electron chi connectivity index (χ1n) is 3.87. The van der Waals surface area contributed by atoms with Crippen LogP contribution < -0.4 is 5.32 Å². The zero-order valence-electron chi connectivity index (χ0n) is 6.08. The van der Waals surface area contributed by atoms with Crippen molar-refractivity contribution in [2.75, 3.05) is 13.2 Å². The van der Waals surface area contributed by atoms with Crippen molar-refractivity contribution in [3.8, 4) is 0 Å². The van der Waals surface area contributed by atoms with Crippen LogP contribution in [0.5, 0.6) is 0 Å². The second-order valence-electron chi connectivity index (χ2n) is 2.78. The van der Waals surface area contributed by atoms with E-state index in [2.05, 4.69) is 5.32 Å². The molecular weight excluding hydrogens is 130 g/mol. The van der Waals surface area contributed by atoms with E-state index in [-0.39, 0.29) is 18.8 Å². The topological polar surface area (TPSA) is 52.5 Å². The minimum atomic E-state index is -0.188. The molecule has 0 aromatic rings. The van der Waals surface area contributed by atoms with E-state index in [4.69, 9.17) is 5.11 Å². The van der Waals surface area contributed by atoms with Gasteiger partial charge >= 0.3 is 0 Å². The molecule has 60 valence electrons. The first-order chi connectivity index (χ1) is 4.84. The molecule has 1 saturated carbocycles. The lowest BCUT2D eigenvalue weighted by atomic mass is 10.2. The first kappa shape index (κ1) is 7.98. The van der Waals surface area contributed by atoms with Gasteiger partial charge in [0.25, 0.3) is 0 Å². The highest BCUT2D eigenvalue weighted by Gasteiger charge is 2.23. The lowest BCUT2D eigenvalue weighted by molar-refractivity contribution is 0.145. The Kier molecular flexibility index (Phi) is 3.12. The summed E-state index contributed by atoms with van der Waals surface area (Å²) in [6.07, 6.45) is 2.86. The van der Waals surface area contributed by atoms with Gasteiger partial charge < -0.3 is 15.5 Å². The Bertz CT molecular complexity index is 97.6. The van der Waals surface area contributed by atoms with E-state index < -0.39 is 0 Å². The average molecular weight is 145 g/mol. The van der Waals surface area contributed by atoms with Crippen LogP contribution in [-0.4, -0.2) is 35.5 Å². The third-order valence-corrected chi connectivity index (χ3v) is 2.00. The van der Waals surface area contributed by atoms with Gasteiger partial charge in [-0.25, -0.2) is 0 Å². The molecule has 0 unspecified atom stereocenters. The van der Waals surface area contributed by atoms with Crippen molar-refractivity contribution in [3.63, 3.8) is 0 Å². The van der Waals surface area contributed by atoms with Crippen LogP contribution in [0.2, 0.25) is 0 Å². The molecule has 0 spiro atoms. The third kappa shape index (κ3) is 1.94. The summed E-state index contributed by atoms with van der Waals surface area (Å²) in [5.74, 6) is 0. The van der Waals surface area contributed by atoms with Gasteiger partial charge in [-0.1, -0.05) is 0 Å². The van der Waals surface area contributed by atoms with E-state index in [0.29, 0.717) is 6.54 Å². The summed E-state index contributed by atoms with van der Waals surface area (Å²) in [5, 5.41) is 20.8. The van der Waals surface area contributed by atoms with Crippen LogP contribution in [0.15, 0.2) is 0 Å². The molecule has 0 radical (unpaired) electrons. The molecule has 0 amide bonds. The van der Waals surface area contributed by atoms with E-state index in [0.717, 1.165) is 19.3 Å². The molecule has 0 heterocycles. The third-order valence-electron chi connectivity index (χ3n) is 2.00. The lowest BCUT2D eigenvalue weighted by Gasteiger charge is -2.14. The summed E-state index contributed by atoms with van der Waals surface area (Å²) in [7, 11) is 0. The molecule has 1 aliphatic carbocycles. The minimum Gasteiger partial charge on any atom is -0.395 e. The number of hydrogen-bond acceptors (Lipinski definition) is 3. The number of aliphatic hydroxyl groups excluding tert-OH is 2. The van der Waals surface area contributed by atoms with Crippen LogP contribution in [0.3, 0.4) is 0 Å². The van der Waals surface area contributed by atoms with Gasteiger partial charge in [-0.15, -0.1) is 0 Å². The summed E-state index contributed by atoms with van der Waals surface area (Å²) in [6, 6.07) is 0.229. The van der Waals surface area contributed by atoms with Crippen molar-refractivity contribution >= 4 is 0 Å². The summed E-state index contributed by atoms with van der Waals surface area (Å²) in [6.45, 7) is 0.755. The SMILES string of the molecule is OCCN[C@@H]1CCC[C@H]1O. The molecule has 0 aromatic heterocycles. The van der Waals surface area contributed by atoms with Gasteiger partial charge in [-0.05, 0) is 19.3 Å². The van der Waals surface area contributed by atoms with E-state index in [1.165, 1.54) is 0 Å². The monoisotopic (exact) mass is 145 g/mol. The molecule has 3 heteroatoms. The van der Waals surface area contributed by atoms with Crippen molar-refractivity contribution in [2.45, 2.75) is 31.4 Å². The highest BCUT2D eigenvalue weighted by Crippen LogP contribution is 2.18. The molecule has 1 fully saturated rings. The van der Waals surface area contributed by atoms with Gasteiger partial charge in [0, 0.05) is 12.6 Å². The summed E-state index contributed by atoms with van der Waals surface area (Å²) in [5.41, 5.74) is 0. The Balaban J connectivity index is 2.14. The van der Waals surface area contributed by atoms with Gasteiger partial charge in [-0.2, -0.15) is 0 Å². The number of aliphatic hydroxyl groups is 2. The Morgan fingerprint density at radius 2 is 2.20 bits per heavy atom. The lowest BCUT2D eigenvalue weighted by Crippen LogP contribution is -2.37. The Morgan fingerprint density at radius 3 is 2.70 bits per heavy atom. The van der Waals surface area contributed by atoms with E-state index >= 15 is 0 Å². The molecule has 3 nitrogen and oxygen atoms in total. The number of nitrogens with one attached hydrogen (secondary N) is 1. The molecule has 0 bridgehead atoms. The molecule has 2 atom stereocenters. The van der Waals surface area contributed by atoms with Crippen LogP contribution in [-0.2, 0) is 0 Å². The summed E-state index contributed by atoms with van der Waals surface area (Å²) in [4.78, 5) is 0. The van der Waals surface area contributed by atoms with Crippen LogP contribution >= 0.6 is 0 Å². The average Bonchev–Trinajstić information content (AvgIpc) is 2.31. The highest BCUT2D eigenvalue weighted by molar-refractivity contribution is 4.82. The molecule has 3 N–H and O–H groups in total. The fourth-order valence-corrected chi connectivity index (χ4v) is 1.43. The molecule has 1 rings (SSSR count). The van der Waals surface area contributed by atoms with Crippen molar-refractivity contribution < 1.29 is 10.2 Å². The Hall–Kier alpha value is -0.120. The Morgan fingerprint density at radius 1 is 1.40 bits per heavy atom. The standard InChI is InChI=1S/C7H15NO2/c9-5-4-8-6-2-1-3-7(6)10/h6-10H,1-5H2/t6-,7-/m1/s1. The van der Waals surface area contributed by atoms with Crippen molar-refractivity contribution in [1.82, 2.24) is 5.32 Å². The maximum Gasteiger partial charge on any atom is 0.0693 e. The van der Waals surface area contributed by atoms with E-state index in [1.54, 1.807) is 0 Å². The van der Waals surface area contributed by atoms with Gasteiger partial charge in [0.05, 0.1) is 12.7 Å². The Labute approximate surface area is 61.1 Å². The second-order valence-corrected chi connectivity index (χ2v) is 2.78. The fourth-order valence-electron chi connectivity index (χ4n) is 1.43. The van der Waals surface area contributed by atoms with Crippen LogP contribution in [0, 0.1) is 0 Å². The van der Waals surface area contributed by atoms with Gasteiger partial charge in [-0.3, -0.25) is 0 Å². The molecule has 0 saturated heterocycles. The molecule has 10 heavy (non-hydrogen) atoms. The van der Waals surface area contributed by atoms with Crippen LogP contribution in [0.25, 0.3) is 0 Å². The number of rotatable bonds is 3. The zero-order chi connectivity index (χ0) is 7.40. The normalized spacial score (nSPS) is 33.0. The maximum atomic E-state index is 9.27. The van der Waals surface area contributed by atoms with Crippen molar-refractivity contribution in [1.29, 1.82) is 0 Å². The minimum absolute atomic E-state index is 0.156. The van der Waals surface area contributed by atoms with Gasteiger partial charge in [0.1, 0.15) is 0 Å². The predicted molar refractivity (Wildman–Crippen MR) is 38.7 cm³/mol. The zero-order valence-corrected chi connectivity index (χ0v) is 6.08. The smallest absolute Gasteiger partial charge is 0.0693 e. The number of hydrogen-bond donors (Lipinski definition) is 3. The fraction of sp³-hybridized carbons (Fsp3) is 1.00. The van der Waals surface area contributed by atoms with Crippen LogP contribution in [0.4, 0.5) is 0 Å². The van der Waals surface area contributed by atoms with Crippen molar-refractivity contribution in [2.24, 2.45) is 0 Å². The van der Waals surface area contributed by atoms with E-state index in [9.17, 15) is 5.11 Å². The van der Waals surface area contributed by atoms with Gasteiger partial charge in [0.2, 0.25) is 0 Å². The van der Waals surface area contributed by atoms with E-state index in [1.807, 2.05) is 0 Å². The molecule has 0 aliphatic heterocycles.